The number of aryl methyl sites for hydroxylation is 1. The average Bonchev–Trinajstić information content (AvgIpc) is 3.51. The predicted octanol–water partition coefficient (Wildman–Crippen LogP) is 5.58. The minimum absolute atomic E-state index is 0.123. The molecular formula is C25H25F3N6O2S. The number of halogens is 3. The van der Waals surface area contributed by atoms with Gasteiger partial charge in [0.25, 0.3) is 5.89 Å². The smallest absolute Gasteiger partial charge is 0.406 e. The fourth-order valence-electron chi connectivity index (χ4n) is 4.27. The highest BCUT2D eigenvalue weighted by molar-refractivity contribution is 7.99. The third kappa shape index (κ3) is 6.07. The third-order valence-corrected chi connectivity index (χ3v) is 7.34. The lowest BCUT2D eigenvalue weighted by Gasteiger charge is -2.33. The largest absolute Gasteiger partial charge is 0.573 e. The maximum atomic E-state index is 12.4. The number of ether oxygens (including phenoxy) is 1. The van der Waals surface area contributed by atoms with E-state index in [1.807, 2.05) is 18.7 Å². The van der Waals surface area contributed by atoms with E-state index in [4.69, 9.17) is 4.52 Å². The summed E-state index contributed by atoms with van der Waals surface area (Å²) in [5.41, 5.74) is 2.79. The van der Waals surface area contributed by atoms with Crippen LogP contribution in [-0.4, -0.2) is 55.9 Å². The summed E-state index contributed by atoms with van der Waals surface area (Å²) in [7, 11) is 0. The van der Waals surface area contributed by atoms with Gasteiger partial charge in [-0.3, -0.25) is 0 Å². The third-order valence-electron chi connectivity index (χ3n) is 6.20. The lowest BCUT2D eigenvalue weighted by atomic mass is 10.1. The summed E-state index contributed by atoms with van der Waals surface area (Å²) in [6, 6.07) is 13.7. The molecule has 3 heterocycles. The van der Waals surface area contributed by atoms with Gasteiger partial charge in [0.05, 0.1) is 6.54 Å². The number of alkyl halides is 3. The Hall–Kier alpha value is -3.54. The van der Waals surface area contributed by atoms with Gasteiger partial charge in [-0.15, -0.1) is 18.3 Å². The molecule has 1 aliphatic heterocycles. The number of anilines is 1. The zero-order valence-electron chi connectivity index (χ0n) is 20.3. The number of hydrogen-bond acceptors (Lipinski definition) is 8. The first kappa shape index (κ1) is 25.1. The fraction of sp³-hybridized carbons (Fsp3) is 0.360. The molecule has 4 aromatic rings. The van der Waals surface area contributed by atoms with E-state index in [2.05, 4.69) is 60.4 Å². The number of thioether (sulfide) groups is 1. The van der Waals surface area contributed by atoms with Crippen LogP contribution in [0, 0.1) is 6.92 Å². The maximum absolute atomic E-state index is 12.4. The van der Waals surface area contributed by atoms with Crippen LogP contribution in [0.5, 0.6) is 5.75 Å². The summed E-state index contributed by atoms with van der Waals surface area (Å²) in [5, 5.41) is 9.21. The first-order valence-electron chi connectivity index (χ1n) is 11.8. The van der Waals surface area contributed by atoms with Crippen LogP contribution in [0.25, 0.3) is 23.1 Å². The minimum atomic E-state index is -4.75. The fourth-order valence-corrected chi connectivity index (χ4v) is 4.95. The molecule has 0 bridgehead atoms. The Kier molecular flexibility index (Phi) is 7.09. The normalized spacial score (nSPS) is 14.8. The van der Waals surface area contributed by atoms with Gasteiger partial charge in [0.1, 0.15) is 11.6 Å². The van der Waals surface area contributed by atoms with E-state index in [1.165, 1.54) is 42.8 Å². The van der Waals surface area contributed by atoms with E-state index >= 15 is 0 Å². The molecule has 1 saturated heterocycles. The highest BCUT2D eigenvalue weighted by Gasteiger charge is 2.31. The number of nitrogens with zero attached hydrogens (tertiary/aromatic N) is 6. The number of rotatable bonds is 7. The molecule has 12 heteroatoms. The molecule has 0 N–H and O–H groups in total. The highest BCUT2D eigenvalue weighted by Crippen LogP contribution is 2.28. The van der Waals surface area contributed by atoms with Crippen LogP contribution >= 0.6 is 11.8 Å². The van der Waals surface area contributed by atoms with E-state index in [1.54, 1.807) is 4.68 Å². The number of benzene rings is 2. The maximum Gasteiger partial charge on any atom is 0.573 e. The molecule has 0 amide bonds. The lowest BCUT2D eigenvalue weighted by molar-refractivity contribution is -0.274. The van der Waals surface area contributed by atoms with Crippen molar-refractivity contribution in [3.05, 3.63) is 59.9 Å². The van der Waals surface area contributed by atoms with E-state index < -0.39 is 6.36 Å². The van der Waals surface area contributed by atoms with Gasteiger partial charge >= 0.3 is 6.36 Å². The van der Waals surface area contributed by atoms with Crippen molar-refractivity contribution in [1.82, 2.24) is 24.9 Å². The summed E-state index contributed by atoms with van der Waals surface area (Å²) in [6.45, 7) is 4.50. The molecule has 2 aromatic carbocycles. The molecule has 8 nitrogen and oxygen atoms in total. The molecule has 0 radical (unpaired) electrons. The van der Waals surface area contributed by atoms with Crippen LogP contribution < -0.4 is 9.64 Å². The Bertz CT molecular complexity index is 1350. The van der Waals surface area contributed by atoms with Gasteiger partial charge in [0, 0.05) is 29.6 Å². The van der Waals surface area contributed by atoms with Gasteiger partial charge in [-0.2, -0.15) is 16.7 Å². The Balaban J connectivity index is 1.28. The van der Waals surface area contributed by atoms with Crippen molar-refractivity contribution < 1.29 is 22.4 Å². The summed E-state index contributed by atoms with van der Waals surface area (Å²) in [5.74, 6) is 0.973. The Morgan fingerprint density at radius 3 is 2.51 bits per heavy atom. The van der Waals surface area contributed by atoms with Crippen molar-refractivity contribution >= 4 is 17.4 Å². The van der Waals surface area contributed by atoms with Gasteiger partial charge in [-0.05, 0) is 68.0 Å². The molecule has 5 rings (SSSR count). The molecule has 0 aliphatic carbocycles. The van der Waals surface area contributed by atoms with Crippen LogP contribution in [0.4, 0.5) is 18.9 Å². The van der Waals surface area contributed by atoms with Crippen molar-refractivity contribution in [2.24, 2.45) is 0 Å². The van der Waals surface area contributed by atoms with E-state index in [0.29, 0.717) is 17.9 Å². The second-order valence-corrected chi connectivity index (χ2v) is 9.87. The summed E-state index contributed by atoms with van der Waals surface area (Å²) in [6.07, 6.45) is -0.197. The summed E-state index contributed by atoms with van der Waals surface area (Å²) in [4.78, 5) is 11.2. The first-order chi connectivity index (χ1) is 17.8. The molecule has 1 fully saturated rings. The van der Waals surface area contributed by atoms with Gasteiger partial charge in [-0.1, -0.05) is 17.3 Å². The SMILES string of the molecule is CSC1CCN(c2cccc(Cn3nc(-c4nc(-c5ccc(OC(F)(F)F)cc5)no4)nc3C)c2)CC1. The molecular weight excluding hydrogens is 505 g/mol. The number of piperidine rings is 1. The van der Waals surface area contributed by atoms with Crippen LogP contribution in [-0.2, 0) is 6.54 Å². The number of aromatic nitrogens is 5. The van der Waals surface area contributed by atoms with Gasteiger partial charge < -0.3 is 14.2 Å². The van der Waals surface area contributed by atoms with Gasteiger partial charge in [0.15, 0.2) is 0 Å². The van der Waals surface area contributed by atoms with Crippen molar-refractivity contribution in [3.63, 3.8) is 0 Å². The van der Waals surface area contributed by atoms with Gasteiger partial charge in [-0.25, -0.2) is 9.67 Å². The van der Waals surface area contributed by atoms with Gasteiger partial charge in [0.2, 0.25) is 11.6 Å². The van der Waals surface area contributed by atoms with Crippen LogP contribution in [0.3, 0.4) is 0 Å². The van der Waals surface area contributed by atoms with Crippen molar-refractivity contribution in [3.8, 4) is 28.9 Å². The van der Waals surface area contributed by atoms with E-state index in [-0.39, 0.29) is 23.3 Å². The Morgan fingerprint density at radius 1 is 1.05 bits per heavy atom. The molecule has 0 spiro atoms. The first-order valence-corrected chi connectivity index (χ1v) is 13.0. The van der Waals surface area contributed by atoms with Crippen LogP contribution in [0.1, 0.15) is 24.2 Å². The zero-order chi connectivity index (χ0) is 26.0. The molecule has 37 heavy (non-hydrogen) atoms. The summed E-state index contributed by atoms with van der Waals surface area (Å²) >= 11 is 1.95. The lowest BCUT2D eigenvalue weighted by Crippen LogP contribution is -2.34. The second-order valence-electron chi connectivity index (χ2n) is 8.73. The molecule has 0 unspecified atom stereocenters. The molecule has 0 atom stereocenters. The Morgan fingerprint density at radius 2 is 1.81 bits per heavy atom. The van der Waals surface area contributed by atoms with Crippen LogP contribution in [0.2, 0.25) is 0 Å². The minimum Gasteiger partial charge on any atom is -0.406 e. The number of hydrogen-bond donors (Lipinski definition) is 0. The van der Waals surface area contributed by atoms with Crippen molar-refractivity contribution in [2.75, 3.05) is 24.2 Å². The van der Waals surface area contributed by atoms with Crippen molar-refractivity contribution in [1.29, 1.82) is 0 Å². The summed E-state index contributed by atoms with van der Waals surface area (Å²) < 4.78 is 48.1. The molecule has 2 aromatic heterocycles. The highest BCUT2D eigenvalue weighted by atomic mass is 32.2. The van der Waals surface area contributed by atoms with E-state index in [0.717, 1.165) is 23.9 Å². The quantitative estimate of drug-likeness (QED) is 0.306. The standard InChI is InChI=1S/C25H25F3N6O2S/c1-16-29-23(24-30-22(32-36-24)18-6-8-20(9-7-18)35-25(26,27)28)31-34(16)15-17-4-3-5-19(14-17)33-12-10-21(37-2)11-13-33/h3-9,14,21H,10-13,15H2,1-2H3. The molecule has 194 valence electrons. The second kappa shape index (κ2) is 10.4. The zero-order valence-corrected chi connectivity index (χ0v) is 21.1. The Labute approximate surface area is 215 Å². The molecule has 1 aliphatic rings. The topological polar surface area (TPSA) is 82.1 Å². The monoisotopic (exact) mass is 530 g/mol. The molecule has 0 saturated carbocycles. The van der Waals surface area contributed by atoms with Crippen molar-refractivity contribution in [2.45, 2.75) is 37.9 Å². The predicted molar refractivity (Wildman–Crippen MR) is 134 cm³/mol. The average molecular weight is 531 g/mol. The van der Waals surface area contributed by atoms with E-state index in [9.17, 15) is 13.2 Å². The van der Waals surface area contributed by atoms with Crippen LogP contribution in [0.15, 0.2) is 53.1 Å².